The summed E-state index contributed by atoms with van der Waals surface area (Å²) in [4.78, 5) is 38.9. The molecule has 1 amide bonds. The Kier molecular flexibility index (Phi) is 6.46. The van der Waals surface area contributed by atoms with E-state index in [0.717, 1.165) is 0 Å². The Morgan fingerprint density at radius 1 is 1.09 bits per heavy atom. The minimum absolute atomic E-state index is 0.0306. The van der Waals surface area contributed by atoms with Gasteiger partial charge in [-0.05, 0) is 49.2 Å². The van der Waals surface area contributed by atoms with Crippen LogP contribution in [0.5, 0.6) is 5.75 Å². The lowest BCUT2D eigenvalue weighted by Crippen LogP contribution is -2.40. The maximum absolute atomic E-state index is 12.6. The second-order valence-electron chi connectivity index (χ2n) is 7.63. The van der Waals surface area contributed by atoms with Crippen LogP contribution in [0.25, 0.3) is 11.0 Å². The number of likely N-dealkylation sites (tertiary alicyclic amines) is 1. The van der Waals surface area contributed by atoms with Crippen LogP contribution < -0.4 is 10.4 Å². The lowest BCUT2D eigenvalue weighted by atomic mass is 9.96. The summed E-state index contributed by atoms with van der Waals surface area (Å²) in [6.45, 7) is 0.912. The SMILES string of the molecule is COc1ccc2c(COC(=O)C3CCN(C(=O)c4ccc(Cl)cc4)CC3)cc(=O)oc2c1. The molecule has 8 heteroatoms. The van der Waals surface area contributed by atoms with E-state index >= 15 is 0 Å². The van der Waals surface area contributed by atoms with Crippen LogP contribution in [0.1, 0.15) is 28.8 Å². The number of carbonyl (C=O) groups is 2. The van der Waals surface area contributed by atoms with Crippen LogP contribution in [-0.4, -0.2) is 37.0 Å². The molecule has 0 atom stereocenters. The smallest absolute Gasteiger partial charge is 0.336 e. The third-order valence-corrected chi connectivity index (χ3v) is 5.87. The fourth-order valence-electron chi connectivity index (χ4n) is 3.82. The standard InChI is InChI=1S/C24H22ClNO6/c1-30-19-6-7-20-17(12-22(27)32-21(20)13-19)14-31-24(29)16-8-10-26(11-9-16)23(28)15-2-4-18(25)5-3-15/h2-7,12-13,16H,8-11,14H2,1H3. The molecule has 0 saturated carbocycles. The van der Waals surface area contributed by atoms with Gasteiger partial charge in [-0.1, -0.05) is 11.6 Å². The zero-order valence-corrected chi connectivity index (χ0v) is 18.3. The number of amides is 1. The van der Waals surface area contributed by atoms with E-state index in [1.54, 1.807) is 47.4 Å². The molecule has 1 fully saturated rings. The van der Waals surface area contributed by atoms with Crippen molar-refractivity contribution >= 4 is 34.4 Å². The van der Waals surface area contributed by atoms with E-state index in [1.165, 1.54) is 13.2 Å². The van der Waals surface area contributed by atoms with Crippen LogP contribution in [-0.2, 0) is 16.1 Å². The molecule has 1 aromatic heterocycles. The number of halogens is 1. The Hall–Kier alpha value is -3.32. The Bertz CT molecular complexity index is 1200. The van der Waals surface area contributed by atoms with Gasteiger partial charge in [0, 0.05) is 46.8 Å². The third-order valence-electron chi connectivity index (χ3n) is 5.61. The molecule has 4 rings (SSSR count). The molecule has 2 heterocycles. The molecule has 32 heavy (non-hydrogen) atoms. The maximum atomic E-state index is 12.6. The average Bonchev–Trinajstić information content (AvgIpc) is 2.82. The van der Waals surface area contributed by atoms with Gasteiger partial charge in [0.1, 0.15) is 17.9 Å². The molecule has 0 bridgehead atoms. The van der Waals surface area contributed by atoms with Gasteiger partial charge < -0.3 is 18.8 Å². The minimum atomic E-state index is -0.522. The van der Waals surface area contributed by atoms with Crippen molar-refractivity contribution in [1.82, 2.24) is 4.90 Å². The summed E-state index contributed by atoms with van der Waals surface area (Å²) >= 11 is 5.88. The second kappa shape index (κ2) is 9.44. The van der Waals surface area contributed by atoms with Crippen molar-refractivity contribution in [3.05, 3.63) is 75.1 Å². The van der Waals surface area contributed by atoms with Crippen molar-refractivity contribution in [3.63, 3.8) is 0 Å². The van der Waals surface area contributed by atoms with Gasteiger partial charge in [0.15, 0.2) is 0 Å². The maximum Gasteiger partial charge on any atom is 0.336 e. The molecule has 166 valence electrons. The van der Waals surface area contributed by atoms with Crippen molar-refractivity contribution in [3.8, 4) is 5.75 Å². The van der Waals surface area contributed by atoms with Crippen LogP contribution in [0.3, 0.4) is 0 Å². The van der Waals surface area contributed by atoms with Crippen LogP contribution in [0, 0.1) is 5.92 Å². The van der Waals surface area contributed by atoms with Crippen molar-refractivity contribution in [2.24, 2.45) is 5.92 Å². The number of carbonyl (C=O) groups excluding carboxylic acids is 2. The number of methoxy groups -OCH3 is 1. The summed E-state index contributed by atoms with van der Waals surface area (Å²) in [5, 5.41) is 1.26. The number of hydrogen-bond donors (Lipinski definition) is 0. The van der Waals surface area contributed by atoms with Gasteiger partial charge in [-0.2, -0.15) is 0 Å². The topological polar surface area (TPSA) is 86.0 Å². The summed E-state index contributed by atoms with van der Waals surface area (Å²) in [6.07, 6.45) is 1.04. The van der Waals surface area contributed by atoms with Crippen LogP contribution in [0.2, 0.25) is 5.02 Å². The number of esters is 1. The quantitative estimate of drug-likeness (QED) is 0.426. The Labute approximate surface area is 189 Å². The Morgan fingerprint density at radius 3 is 2.50 bits per heavy atom. The van der Waals surface area contributed by atoms with E-state index in [1.807, 2.05) is 0 Å². The van der Waals surface area contributed by atoms with Crippen molar-refractivity contribution in [2.75, 3.05) is 20.2 Å². The second-order valence-corrected chi connectivity index (χ2v) is 8.07. The van der Waals surface area contributed by atoms with Gasteiger partial charge in [0.25, 0.3) is 5.91 Å². The first-order valence-electron chi connectivity index (χ1n) is 10.3. The lowest BCUT2D eigenvalue weighted by molar-refractivity contribution is -0.151. The molecule has 2 aromatic carbocycles. The third kappa shape index (κ3) is 4.78. The fraction of sp³-hybridized carbons (Fsp3) is 0.292. The van der Waals surface area contributed by atoms with Crippen molar-refractivity contribution in [1.29, 1.82) is 0 Å². The summed E-state index contributed by atoms with van der Waals surface area (Å²) < 4.78 is 15.9. The number of nitrogens with zero attached hydrogens (tertiary/aromatic N) is 1. The van der Waals surface area contributed by atoms with Crippen LogP contribution in [0.15, 0.2) is 57.7 Å². The zero-order valence-electron chi connectivity index (χ0n) is 17.5. The zero-order chi connectivity index (χ0) is 22.7. The summed E-state index contributed by atoms with van der Waals surface area (Å²) in [5.41, 5.74) is 0.993. The molecule has 0 N–H and O–H groups in total. The van der Waals surface area contributed by atoms with E-state index in [0.29, 0.717) is 58.8 Å². The van der Waals surface area contributed by atoms with E-state index in [4.69, 9.17) is 25.5 Å². The van der Waals surface area contributed by atoms with Gasteiger partial charge in [-0.3, -0.25) is 9.59 Å². The normalized spacial score (nSPS) is 14.4. The van der Waals surface area contributed by atoms with Gasteiger partial charge in [0.05, 0.1) is 13.0 Å². The molecule has 0 unspecified atom stereocenters. The summed E-state index contributed by atoms with van der Waals surface area (Å²) in [6, 6.07) is 13.2. The van der Waals surface area contributed by atoms with Crippen molar-refractivity contribution in [2.45, 2.75) is 19.4 Å². The summed E-state index contributed by atoms with van der Waals surface area (Å²) in [5.74, 6) is -0.143. The Morgan fingerprint density at radius 2 is 1.81 bits per heavy atom. The number of fused-ring (bicyclic) bond motifs is 1. The van der Waals surface area contributed by atoms with E-state index in [2.05, 4.69) is 0 Å². The highest BCUT2D eigenvalue weighted by Gasteiger charge is 2.29. The molecule has 0 spiro atoms. The predicted molar refractivity (Wildman–Crippen MR) is 119 cm³/mol. The van der Waals surface area contributed by atoms with Gasteiger partial charge in [-0.25, -0.2) is 4.79 Å². The monoisotopic (exact) mass is 455 g/mol. The number of ether oxygens (including phenoxy) is 2. The highest BCUT2D eigenvalue weighted by Crippen LogP contribution is 2.25. The molecular formula is C24H22ClNO6. The van der Waals surface area contributed by atoms with Crippen molar-refractivity contribution < 1.29 is 23.5 Å². The molecule has 3 aromatic rings. The molecule has 0 radical (unpaired) electrons. The highest BCUT2D eigenvalue weighted by atomic mass is 35.5. The van der Waals surface area contributed by atoms with E-state index in [9.17, 15) is 14.4 Å². The fourth-order valence-corrected chi connectivity index (χ4v) is 3.94. The lowest BCUT2D eigenvalue weighted by Gasteiger charge is -2.31. The molecule has 0 aliphatic carbocycles. The molecule has 7 nitrogen and oxygen atoms in total. The van der Waals surface area contributed by atoms with Crippen LogP contribution >= 0.6 is 11.6 Å². The molecular weight excluding hydrogens is 434 g/mol. The van der Waals surface area contributed by atoms with Gasteiger partial charge in [0.2, 0.25) is 0 Å². The highest BCUT2D eigenvalue weighted by molar-refractivity contribution is 6.30. The first-order chi connectivity index (χ1) is 15.4. The first-order valence-corrected chi connectivity index (χ1v) is 10.6. The largest absolute Gasteiger partial charge is 0.497 e. The Balaban J connectivity index is 1.36. The predicted octanol–water partition coefficient (Wildman–Crippen LogP) is 4.05. The summed E-state index contributed by atoms with van der Waals surface area (Å²) in [7, 11) is 1.53. The number of rotatable bonds is 5. The molecule has 1 aliphatic heterocycles. The molecule has 1 saturated heterocycles. The van der Waals surface area contributed by atoms with E-state index < -0.39 is 5.63 Å². The van der Waals surface area contributed by atoms with E-state index in [-0.39, 0.29) is 24.4 Å². The number of piperidine rings is 1. The average molecular weight is 456 g/mol. The molecule has 1 aliphatic rings. The van der Waals surface area contributed by atoms with Crippen LogP contribution in [0.4, 0.5) is 0 Å². The first kappa shape index (κ1) is 21.9. The van der Waals surface area contributed by atoms with Gasteiger partial charge in [-0.15, -0.1) is 0 Å². The number of hydrogen-bond acceptors (Lipinski definition) is 6. The minimum Gasteiger partial charge on any atom is -0.497 e. The number of benzene rings is 2. The van der Waals surface area contributed by atoms with Gasteiger partial charge >= 0.3 is 11.6 Å².